The van der Waals surface area contributed by atoms with Gasteiger partial charge in [-0.2, -0.15) is 0 Å². The van der Waals surface area contributed by atoms with E-state index in [-0.39, 0.29) is 11.7 Å². The summed E-state index contributed by atoms with van der Waals surface area (Å²) in [5.74, 6) is 0.0254. The van der Waals surface area contributed by atoms with Gasteiger partial charge in [0.1, 0.15) is 10.0 Å². The molecule has 0 atom stereocenters. The molecule has 0 bridgehead atoms. The number of hydrogen-bond acceptors (Lipinski definition) is 4. The molecule has 8 nitrogen and oxygen atoms in total. The van der Waals surface area contributed by atoms with E-state index in [2.05, 4.69) is 15.4 Å². The molecule has 0 aliphatic carbocycles. The molecule has 1 rings (SSSR count). The van der Waals surface area contributed by atoms with Gasteiger partial charge in [0.2, 0.25) is 0 Å². The Morgan fingerprint density at radius 1 is 1.83 bits per heavy atom. The maximum Gasteiger partial charge on any atom is 0.389 e. The zero-order valence-electron chi connectivity index (χ0n) is 6.06. The molecule has 0 spiro atoms. The zero-order chi connectivity index (χ0) is 8.97. The fraction of sp³-hybridized carbons (Fsp3) is 0.500. The van der Waals surface area contributed by atoms with Crippen molar-refractivity contribution >= 4 is 11.7 Å². The molecule has 66 valence electrons. The Morgan fingerprint density at radius 2 is 2.58 bits per heavy atom. The summed E-state index contributed by atoms with van der Waals surface area (Å²) in [6.45, 7) is 1.15. The first-order valence-corrected chi connectivity index (χ1v) is 3.17. The summed E-state index contributed by atoms with van der Waals surface area (Å²) in [6, 6.07) is 0. The van der Waals surface area contributed by atoms with Crippen LogP contribution in [0.3, 0.4) is 0 Å². The number of rotatable bonds is 2. The molecule has 0 saturated heterocycles. The van der Waals surface area contributed by atoms with Crippen molar-refractivity contribution in [2.24, 2.45) is 10.1 Å². The van der Waals surface area contributed by atoms with Crippen molar-refractivity contribution in [2.75, 3.05) is 13.1 Å². The van der Waals surface area contributed by atoms with Crippen molar-refractivity contribution < 1.29 is 15.4 Å². The number of amidine groups is 2. The van der Waals surface area contributed by atoms with Gasteiger partial charge >= 0.3 is 5.03 Å². The third kappa shape index (κ3) is 1.89. The summed E-state index contributed by atoms with van der Waals surface area (Å²) in [4.78, 5) is 13.9. The molecular formula is C4H8N5O3+. The van der Waals surface area contributed by atoms with E-state index >= 15 is 0 Å². The van der Waals surface area contributed by atoms with Crippen LogP contribution in [0.15, 0.2) is 10.1 Å². The van der Waals surface area contributed by atoms with Crippen LogP contribution in [0.25, 0.3) is 0 Å². The van der Waals surface area contributed by atoms with Crippen molar-refractivity contribution in [3.8, 4) is 0 Å². The molecule has 1 aliphatic heterocycles. The van der Waals surface area contributed by atoms with Gasteiger partial charge in [-0.1, -0.05) is 0 Å². The number of hydroxylamine groups is 1. The number of hydrazone groups is 1. The first-order chi connectivity index (χ1) is 5.74. The summed E-state index contributed by atoms with van der Waals surface area (Å²) in [5.41, 5.74) is 1.63. The van der Waals surface area contributed by atoms with E-state index < -0.39 is 5.03 Å². The summed E-state index contributed by atoms with van der Waals surface area (Å²) in [5, 5.41) is 21.7. The van der Waals surface area contributed by atoms with Crippen LogP contribution in [0.1, 0.15) is 0 Å². The van der Waals surface area contributed by atoms with Crippen LogP contribution >= 0.6 is 0 Å². The Kier molecular flexibility index (Phi) is 2.53. The minimum atomic E-state index is -0.666. The summed E-state index contributed by atoms with van der Waals surface area (Å²) >= 11 is 0. The third-order valence-electron chi connectivity index (χ3n) is 1.19. The lowest BCUT2D eigenvalue weighted by Gasteiger charge is -1.98. The predicted molar refractivity (Wildman–Crippen MR) is 38.1 cm³/mol. The van der Waals surface area contributed by atoms with Gasteiger partial charge < -0.3 is 5.32 Å². The summed E-state index contributed by atoms with van der Waals surface area (Å²) in [6.07, 6.45) is 0. The van der Waals surface area contributed by atoms with Gasteiger partial charge in [0.05, 0.1) is 6.54 Å². The second kappa shape index (κ2) is 3.62. The van der Waals surface area contributed by atoms with Gasteiger partial charge in [-0.05, 0) is 0 Å². The number of nitrogens with zero attached hydrogens (tertiary/aromatic N) is 3. The minimum Gasteiger partial charge on any atom is -0.365 e. The molecule has 1 heterocycles. The molecule has 0 aromatic carbocycles. The fourth-order valence-corrected chi connectivity index (χ4v) is 0.765. The Labute approximate surface area is 67.1 Å². The number of nitrogens with one attached hydrogen (secondary N) is 2. The Morgan fingerprint density at radius 3 is 3.00 bits per heavy atom. The van der Waals surface area contributed by atoms with Crippen LogP contribution in [0.5, 0.6) is 0 Å². The highest BCUT2D eigenvalue weighted by Gasteiger charge is 2.17. The van der Waals surface area contributed by atoms with E-state index in [9.17, 15) is 4.91 Å². The maximum atomic E-state index is 10.0. The molecule has 0 radical (unpaired) electrons. The SMILES string of the molecule is O=[N+](O)N=C(NO)C1=NCCN1. The van der Waals surface area contributed by atoms with Gasteiger partial charge in [-0.3, -0.25) is 10.2 Å². The van der Waals surface area contributed by atoms with Crippen LogP contribution in [0.4, 0.5) is 0 Å². The highest BCUT2D eigenvalue weighted by molar-refractivity contribution is 6.40. The quantitative estimate of drug-likeness (QED) is 0.230. The average molecular weight is 174 g/mol. The lowest BCUT2D eigenvalue weighted by Crippen LogP contribution is -2.36. The number of aliphatic imine (C=N–C) groups is 1. The Hall–Kier alpha value is -1.70. The number of hydrogen-bond donors (Lipinski definition) is 4. The summed E-state index contributed by atoms with van der Waals surface area (Å²) < 4.78 is 0. The molecule has 0 aromatic rings. The fourth-order valence-electron chi connectivity index (χ4n) is 0.765. The second-order valence-electron chi connectivity index (χ2n) is 1.97. The molecule has 8 heteroatoms. The van der Waals surface area contributed by atoms with Crippen LogP contribution in [0, 0.1) is 4.91 Å². The predicted octanol–water partition coefficient (Wildman–Crippen LogP) is -1.55. The van der Waals surface area contributed by atoms with Crippen molar-refractivity contribution in [1.82, 2.24) is 10.8 Å². The first kappa shape index (κ1) is 8.40. The van der Waals surface area contributed by atoms with Crippen molar-refractivity contribution in [1.29, 1.82) is 0 Å². The molecule has 0 aromatic heterocycles. The molecule has 0 fully saturated rings. The first-order valence-electron chi connectivity index (χ1n) is 3.17. The van der Waals surface area contributed by atoms with Crippen LogP contribution in [0.2, 0.25) is 0 Å². The van der Waals surface area contributed by atoms with E-state index in [4.69, 9.17) is 10.4 Å². The standard InChI is InChI=1S/C4H8N5O3/c10-8-4(7-9(11)12)3-5-1-2-6-3/h10H,1-2H2,(H,5,6)(H,7,8)(H,11,12)/q+1. The van der Waals surface area contributed by atoms with E-state index in [0.29, 0.717) is 13.1 Å². The molecule has 0 amide bonds. The molecule has 0 saturated carbocycles. The minimum absolute atomic E-state index is 0.218. The van der Waals surface area contributed by atoms with Gasteiger partial charge in [0.25, 0.3) is 5.84 Å². The lowest BCUT2D eigenvalue weighted by atomic mass is 10.5. The average Bonchev–Trinajstić information content (AvgIpc) is 2.51. The van der Waals surface area contributed by atoms with Gasteiger partial charge in [0, 0.05) is 6.54 Å². The van der Waals surface area contributed by atoms with Crippen molar-refractivity contribution in [3.63, 3.8) is 0 Å². The lowest BCUT2D eigenvalue weighted by molar-refractivity contribution is -0.796. The van der Waals surface area contributed by atoms with Crippen LogP contribution in [-0.4, -0.2) is 40.2 Å². The van der Waals surface area contributed by atoms with E-state index in [1.165, 1.54) is 0 Å². The topological polar surface area (TPSA) is 109 Å². The summed E-state index contributed by atoms with van der Waals surface area (Å²) in [7, 11) is 0. The highest BCUT2D eigenvalue weighted by atomic mass is 16.7. The van der Waals surface area contributed by atoms with Crippen LogP contribution in [-0.2, 0) is 0 Å². The monoisotopic (exact) mass is 174 g/mol. The van der Waals surface area contributed by atoms with Crippen molar-refractivity contribution in [3.05, 3.63) is 4.91 Å². The van der Waals surface area contributed by atoms with E-state index in [1.807, 2.05) is 0 Å². The smallest absolute Gasteiger partial charge is 0.365 e. The van der Waals surface area contributed by atoms with E-state index in [1.54, 1.807) is 5.48 Å². The molecule has 12 heavy (non-hydrogen) atoms. The molecule has 0 unspecified atom stereocenters. The molecular weight excluding hydrogens is 166 g/mol. The third-order valence-corrected chi connectivity index (χ3v) is 1.19. The highest BCUT2D eigenvalue weighted by Crippen LogP contribution is 1.87. The van der Waals surface area contributed by atoms with E-state index in [0.717, 1.165) is 0 Å². The van der Waals surface area contributed by atoms with Crippen LogP contribution < -0.4 is 10.8 Å². The zero-order valence-corrected chi connectivity index (χ0v) is 6.06. The van der Waals surface area contributed by atoms with Crippen molar-refractivity contribution in [2.45, 2.75) is 0 Å². The second-order valence-corrected chi connectivity index (χ2v) is 1.97. The molecule has 4 N–H and O–H groups in total. The largest absolute Gasteiger partial charge is 0.389 e. The Balaban J connectivity index is 2.73. The normalized spacial score (nSPS) is 16.8. The molecule has 1 aliphatic rings. The maximum absolute atomic E-state index is 10.0. The van der Waals surface area contributed by atoms with Gasteiger partial charge in [0.15, 0.2) is 5.84 Å². The van der Waals surface area contributed by atoms with Gasteiger partial charge in [-0.25, -0.2) is 10.7 Å². The Bertz CT molecular complexity index is 247. The van der Waals surface area contributed by atoms with Gasteiger partial charge in [-0.15, -0.1) is 0 Å².